The summed E-state index contributed by atoms with van der Waals surface area (Å²) in [6.07, 6.45) is 6.71. The second kappa shape index (κ2) is 5.88. The third-order valence-electron chi connectivity index (χ3n) is 5.21. The molecular weight excluding hydrogens is 308 g/mol. The molecule has 0 bridgehead atoms. The number of nitrogens with zero attached hydrogens (tertiary/aromatic N) is 4. The van der Waals surface area contributed by atoms with Crippen LogP contribution in [0.5, 0.6) is 0 Å². The molecule has 0 spiro atoms. The predicted molar refractivity (Wildman–Crippen MR) is 101 cm³/mol. The summed E-state index contributed by atoms with van der Waals surface area (Å²) in [6, 6.07) is 17.2. The minimum atomic E-state index is 0.308. The number of rotatable bonds is 2. The number of aryl methyl sites for hydroxylation is 1. The Morgan fingerprint density at radius 2 is 1.72 bits per heavy atom. The summed E-state index contributed by atoms with van der Waals surface area (Å²) in [6.45, 7) is 2.21. The number of benzene rings is 1. The summed E-state index contributed by atoms with van der Waals surface area (Å²) >= 11 is 0. The fourth-order valence-electron chi connectivity index (χ4n) is 3.59. The number of fused-ring (bicyclic) bond motifs is 1. The van der Waals surface area contributed by atoms with Crippen LogP contribution in [0, 0.1) is 0 Å². The predicted octanol–water partition coefficient (Wildman–Crippen LogP) is 2.72. The van der Waals surface area contributed by atoms with Crippen molar-refractivity contribution in [3.8, 4) is 11.4 Å². The van der Waals surface area contributed by atoms with Crippen molar-refractivity contribution in [3.05, 3.63) is 67.1 Å². The van der Waals surface area contributed by atoms with E-state index in [1.807, 2.05) is 0 Å². The third-order valence-corrected chi connectivity index (χ3v) is 5.21. The number of hydrogen-bond donors (Lipinski definition) is 0. The van der Waals surface area contributed by atoms with Gasteiger partial charge in [0.2, 0.25) is 0 Å². The first-order valence-corrected chi connectivity index (χ1v) is 8.63. The van der Waals surface area contributed by atoms with Gasteiger partial charge in [-0.25, -0.2) is 9.47 Å². The maximum absolute atomic E-state index is 2.30. The zero-order chi connectivity index (χ0) is 17.6. The Hall–Kier alpha value is -2.88. The fraction of sp³-hybridized carbons (Fsp3) is 0.238. The third kappa shape index (κ3) is 2.45. The minimum absolute atomic E-state index is 0.308. The molecule has 1 aliphatic rings. The molecule has 0 amide bonds. The van der Waals surface area contributed by atoms with E-state index in [9.17, 15) is 0 Å². The Bertz CT molecular complexity index is 977. The average molecular weight is 332 g/mol. The molecule has 0 radical (unpaired) electrons. The smallest absolute Gasteiger partial charge is 0.283 e. The molecule has 1 atom stereocenters. The molecule has 1 aromatic carbocycles. The maximum Gasteiger partial charge on any atom is 0.283 e. The summed E-state index contributed by atoms with van der Waals surface area (Å²) in [4.78, 5) is 4.51. The van der Waals surface area contributed by atoms with Crippen molar-refractivity contribution in [3.63, 3.8) is 0 Å². The van der Waals surface area contributed by atoms with Gasteiger partial charge in [-0.2, -0.15) is 4.57 Å². The van der Waals surface area contributed by atoms with Crippen LogP contribution in [0.25, 0.3) is 22.2 Å². The van der Waals surface area contributed by atoms with E-state index in [-0.39, 0.29) is 0 Å². The average Bonchev–Trinajstić information content (AvgIpc) is 2.95. The molecule has 126 valence electrons. The quantitative estimate of drug-likeness (QED) is 0.670. The van der Waals surface area contributed by atoms with Gasteiger partial charge in [0, 0.05) is 25.4 Å². The first kappa shape index (κ1) is 15.6. The molecule has 2 aromatic heterocycles. The van der Waals surface area contributed by atoms with E-state index in [4.69, 9.17) is 0 Å². The Balaban J connectivity index is 1.93. The zero-order valence-corrected chi connectivity index (χ0v) is 15.2. The molecule has 0 N–H and O–H groups in total. The van der Waals surface area contributed by atoms with Crippen LogP contribution in [-0.2, 0) is 14.1 Å². The van der Waals surface area contributed by atoms with Gasteiger partial charge in [-0.15, -0.1) is 0 Å². The number of pyridine rings is 2. The van der Waals surface area contributed by atoms with Crippen LogP contribution in [0.4, 0.5) is 5.82 Å². The van der Waals surface area contributed by atoms with E-state index in [1.165, 1.54) is 28.0 Å². The van der Waals surface area contributed by atoms with Crippen molar-refractivity contribution < 1.29 is 9.13 Å². The van der Waals surface area contributed by atoms with E-state index < -0.39 is 0 Å². The number of anilines is 1. The molecule has 0 aliphatic carbocycles. The van der Waals surface area contributed by atoms with Crippen LogP contribution < -0.4 is 14.0 Å². The normalized spacial score (nSPS) is 16.9. The Morgan fingerprint density at radius 3 is 2.48 bits per heavy atom. The summed E-state index contributed by atoms with van der Waals surface area (Å²) in [7, 11) is 6.36. The van der Waals surface area contributed by atoms with Crippen molar-refractivity contribution in [1.82, 2.24) is 4.90 Å². The topological polar surface area (TPSA) is 14.2 Å². The zero-order valence-electron chi connectivity index (χ0n) is 15.2. The van der Waals surface area contributed by atoms with E-state index in [2.05, 4.69) is 114 Å². The van der Waals surface area contributed by atoms with E-state index in [1.54, 1.807) is 0 Å². The van der Waals surface area contributed by atoms with Gasteiger partial charge in [0.05, 0.1) is 12.4 Å². The van der Waals surface area contributed by atoms with Gasteiger partial charge in [-0.3, -0.25) is 0 Å². The molecule has 0 unspecified atom stereocenters. The molecule has 1 aliphatic heterocycles. The highest BCUT2D eigenvalue weighted by molar-refractivity contribution is 5.91. The molecule has 4 heteroatoms. The first-order valence-electron chi connectivity index (χ1n) is 8.63. The Labute approximate surface area is 148 Å². The molecule has 0 saturated carbocycles. The molecule has 0 fully saturated rings. The van der Waals surface area contributed by atoms with Crippen LogP contribution in [0.2, 0.25) is 0 Å². The second-order valence-electron chi connectivity index (χ2n) is 6.69. The minimum Gasteiger partial charge on any atom is -0.339 e. The van der Waals surface area contributed by atoms with Crippen LogP contribution in [-0.4, -0.2) is 18.1 Å². The summed E-state index contributed by atoms with van der Waals surface area (Å²) < 4.78 is 4.48. The van der Waals surface area contributed by atoms with Crippen molar-refractivity contribution in [2.24, 2.45) is 14.1 Å². The largest absolute Gasteiger partial charge is 0.339 e. The van der Waals surface area contributed by atoms with Crippen molar-refractivity contribution in [2.75, 3.05) is 11.9 Å². The monoisotopic (exact) mass is 332 g/mol. The standard InChI is InChI=1S/C21H24N4/c1-16-22(2)14-15-25(16)20-11-7-10-19(24(20)4)21-18-9-6-5-8-17(18)12-13-23(21)3/h5-16H,1-4H3/q+2/t16-/m0/s1. The summed E-state index contributed by atoms with van der Waals surface area (Å²) in [5.74, 6) is 1.18. The number of hydrogen-bond acceptors (Lipinski definition) is 2. The van der Waals surface area contributed by atoms with Gasteiger partial charge in [-0.1, -0.05) is 18.2 Å². The molecule has 25 heavy (non-hydrogen) atoms. The van der Waals surface area contributed by atoms with Crippen LogP contribution >= 0.6 is 0 Å². The molecule has 0 saturated heterocycles. The first-order chi connectivity index (χ1) is 12.1. The lowest BCUT2D eigenvalue weighted by atomic mass is 10.1. The van der Waals surface area contributed by atoms with Gasteiger partial charge >= 0.3 is 0 Å². The highest BCUT2D eigenvalue weighted by Gasteiger charge is 2.31. The molecular formula is C21H24N4+2. The lowest BCUT2D eigenvalue weighted by Gasteiger charge is -2.21. The van der Waals surface area contributed by atoms with Crippen LogP contribution in [0.1, 0.15) is 6.92 Å². The van der Waals surface area contributed by atoms with Gasteiger partial charge < -0.3 is 4.90 Å². The lowest BCUT2D eigenvalue weighted by molar-refractivity contribution is -0.683. The molecule has 3 aromatic rings. The summed E-state index contributed by atoms with van der Waals surface area (Å²) in [5.41, 5.74) is 2.43. The Kier molecular flexibility index (Phi) is 3.68. The van der Waals surface area contributed by atoms with Crippen LogP contribution in [0.15, 0.2) is 67.1 Å². The SMILES string of the molecule is C[C@H]1N(C)C=CN1c1cccc(-c2c3ccccc3cc[n+]2C)[n+]1C. The van der Waals surface area contributed by atoms with E-state index in [0.29, 0.717) is 6.17 Å². The van der Waals surface area contributed by atoms with Gasteiger partial charge in [-0.05, 0) is 30.5 Å². The van der Waals surface area contributed by atoms with E-state index >= 15 is 0 Å². The fourth-order valence-corrected chi connectivity index (χ4v) is 3.59. The molecule has 4 nitrogen and oxygen atoms in total. The summed E-state index contributed by atoms with van der Waals surface area (Å²) in [5, 5.41) is 2.53. The van der Waals surface area contributed by atoms with Crippen LogP contribution in [0.3, 0.4) is 0 Å². The van der Waals surface area contributed by atoms with E-state index in [0.717, 1.165) is 0 Å². The maximum atomic E-state index is 2.30. The van der Waals surface area contributed by atoms with Crippen molar-refractivity contribution >= 4 is 16.6 Å². The van der Waals surface area contributed by atoms with Gasteiger partial charge in [0.15, 0.2) is 18.1 Å². The molecule has 3 heterocycles. The second-order valence-corrected chi connectivity index (χ2v) is 6.69. The van der Waals surface area contributed by atoms with Gasteiger partial charge in [0.1, 0.15) is 13.2 Å². The van der Waals surface area contributed by atoms with Gasteiger partial charge in [0.25, 0.3) is 11.5 Å². The number of aromatic nitrogens is 2. The highest BCUT2D eigenvalue weighted by Crippen LogP contribution is 2.26. The van der Waals surface area contributed by atoms with Crippen molar-refractivity contribution in [1.29, 1.82) is 0 Å². The highest BCUT2D eigenvalue weighted by atomic mass is 15.4. The Morgan fingerprint density at radius 1 is 0.920 bits per heavy atom. The molecule has 4 rings (SSSR count). The van der Waals surface area contributed by atoms with Crippen molar-refractivity contribution in [2.45, 2.75) is 13.1 Å². The lowest BCUT2D eigenvalue weighted by Crippen LogP contribution is -2.45.